The van der Waals surface area contributed by atoms with Crippen molar-refractivity contribution in [3.63, 3.8) is 0 Å². The van der Waals surface area contributed by atoms with Crippen LogP contribution >= 0.6 is 0 Å². The van der Waals surface area contributed by atoms with Crippen LogP contribution in [-0.4, -0.2) is 35.5 Å². The van der Waals surface area contributed by atoms with Crippen LogP contribution in [0, 0.1) is 11.3 Å². The molecule has 0 aliphatic heterocycles. The first-order chi connectivity index (χ1) is 7.82. The maximum absolute atomic E-state index is 11.9. The number of nitrogens with zero attached hydrogens (tertiary/aromatic N) is 2. The molecule has 4 heteroatoms. The van der Waals surface area contributed by atoms with Gasteiger partial charge < -0.3 is 5.32 Å². The molecule has 1 N–H and O–H groups in total. The Morgan fingerprint density at radius 2 is 2.06 bits per heavy atom. The molecule has 0 fully saturated rings. The van der Waals surface area contributed by atoms with Crippen LogP contribution in [0.2, 0.25) is 0 Å². The molecule has 0 aromatic heterocycles. The molecule has 0 bridgehead atoms. The van der Waals surface area contributed by atoms with Crippen LogP contribution in [0.3, 0.4) is 0 Å². The van der Waals surface area contributed by atoms with E-state index in [4.69, 9.17) is 5.26 Å². The average Bonchev–Trinajstić information content (AvgIpc) is 2.23. The monoisotopic (exact) mass is 239 g/mol. The summed E-state index contributed by atoms with van der Waals surface area (Å²) in [6, 6.07) is 2.39. The molecule has 0 unspecified atom stereocenters. The molecular weight excluding hydrogens is 214 g/mol. The molecular formula is C13H25N3O. The minimum Gasteiger partial charge on any atom is -0.350 e. The topological polar surface area (TPSA) is 56.1 Å². The van der Waals surface area contributed by atoms with Gasteiger partial charge in [-0.25, -0.2) is 0 Å². The van der Waals surface area contributed by atoms with Gasteiger partial charge in [-0.15, -0.1) is 0 Å². The zero-order chi connectivity index (χ0) is 13.5. The minimum absolute atomic E-state index is 0.0310. The zero-order valence-electron chi connectivity index (χ0n) is 11.7. The van der Waals surface area contributed by atoms with Gasteiger partial charge in [-0.1, -0.05) is 6.92 Å². The molecule has 0 spiro atoms. The molecule has 0 atom stereocenters. The number of hydrogen-bond acceptors (Lipinski definition) is 3. The minimum atomic E-state index is -0.158. The fraction of sp³-hybridized carbons (Fsp3) is 0.846. The van der Waals surface area contributed by atoms with Crippen molar-refractivity contribution in [1.82, 2.24) is 10.2 Å². The van der Waals surface area contributed by atoms with Gasteiger partial charge in [0, 0.05) is 24.5 Å². The normalized spacial score (nSPS) is 11.6. The Morgan fingerprint density at radius 1 is 1.47 bits per heavy atom. The Balaban J connectivity index is 4.27. The summed E-state index contributed by atoms with van der Waals surface area (Å²) in [6.45, 7) is 11.2. The summed E-state index contributed by atoms with van der Waals surface area (Å²) >= 11 is 0. The summed E-state index contributed by atoms with van der Waals surface area (Å²) in [6.07, 6.45) is 1.36. The highest BCUT2D eigenvalue weighted by Crippen LogP contribution is 2.07. The number of hydrogen-bond donors (Lipinski definition) is 1. The van der Waals surface area contributed by atoms with E-state index in [0.717, 1.165) is 6.42 Å². The summed E-state index contributed by atoms with van der Waals surface area (Å²) in [5.41, 5.74) is -0.158. The summed E-state index contributed by atoms with van der Waals surface area (Å²) in [7, 11) is 0. The highest BCUT2D eigenvalue weighted by molar-refractivity contribution is 5.78. The van der Waals surface area contributed by atoms with E-state index in [0.29, 0.717) is 19.5 Å². The fourth-order valence-corrected chi connectivity index (χ4v) is 1.40. The van der Waals surface area contributed by atoms with Gasteiger partial charge in [0.25, 0.3) is 0 Å². The molecule has 0 saturated carbocycles. The van der Waals surface area contributed by atoms with Crippen LogP contribution in [0.4, 0.5) is 0 Å². The van der Waals surface area contributed by atoms with E-state index in [2.05, 4.69) is 18.3 Å². The number of rotatable bonds is 7. The van der Waals surface area contributed by atoms with Gasteiger partial charge in [0.2, 0.25) is 5.91 Å². The maximum atomic E-state index is 11.9. The molecule has 4 nitrogen and oxygen atoms in total. The van der Waals surface area contributed by atoms with Gasteiger partial charge in [-0.2, -0.15) is 5.26 Å². The molecule has 0 aromatic carbocycles. The van der Waals surface area contributed by atoms with Crippen molar-refractivity contribution in [1.29, 1.82) is 5.26 Å². The SMILES string of the molecule is CCC(C)(C)NC(=O)CN(CCC#N)C(C)C. The zero-order valence-corrected chi connectivity index (χ0v) is 11.7. The summed E-state index contributed by atoms with van der Waals surface area (Å²) in [5.74, 6) is 0.0310. The Labute approximate surface area is 105 Å². The van der Waals surface area contributed by atoms with Crippen molar-refractivity contribution >= 4 is 5.91 Å². The second-order valence-electron chi connectivity index (χ2n) is 5.26. The van der Waals surface area contributed by atoms with Crippen LogP contribution in [0.5, 0.6) is 0 Å². The smallest absolute Gasteiger partial charge is 0.234 e. The molecule has 0 rings (SSSR count). The number of amides is 1. The van der Waals surface area contributed by atoms with E-state index in [-0.39, 0.29) is 17.5 Å². The van der Waals surface area contributed by atoms with Gasteiger partial charge in [-0.05, 0) is 34.1 Å². The van der Waals surface area contributed by atoms with Crippen LogP contribution in [0.1, 0.15) is 47.5 Å². The lowest BCUT2D eigenvalue weighted by atomic mass is 10.0. The lowest BCUT2D eigenvalue weighted by Crippen LogP contribution is -2.48. The van der Waals surface area contributed by atoms with Crippen molar-refractivity contribution in [3.05, 3.63) is 0 Å². The average molecular weight is 239 g/mol. The predicted octanol–water partition coefficient (Wildman–Crippen LogP) is 1.92. The predicted molar refractivity (Wildman–Crippen MR) is 69.5 cm³/mol. The number of carbonyl (C=O) groups is 1. The van der Waals surface area contributed by atoms with Gasteiger partial charge >= 0.3 is 0 Å². The molecule has 0 aliphatic carbocycles. The molecule has 0 radical (unpaired) electrons. The van der Waals surface area contributed by atoms with Gasteiger partial charge in [0.1, 0.15) is 0 Å². The summed E-state index contributed by atoms with van der Waals surface area (Å²) in [4.78, 5) is 13.9. The van der Waals surface area contributed by atoms with E-state index in [1.807, 2.05) is 32.6 Å². The largest absolute Gasteiger partial charge is 0.350 e. The van der Waals surface area contributed by atoms with Crippen molar-refractivity contribution in [2.45, 2.75) is 59.0 Å². The molecule has 98 valence electrons. The van der Waals surface area contributed by atoms with E-state index >= 15 is 0 Å². The molecule has 17 heavy (non-hydrogen) atoms. The maximum Gasteiger partial charge on any atom is 0.234 e. The second kappa shape index (κ2) is 7.29. The van der Waals surface area contributed by atoms with Crippen molar-refractivity contribution in [3.8, 4) is 6.07 Å². The molecule has 0 heterocycles. The number of nitrogens with one attached hydrogen (secondary N) is 1. The van der Waals surface area contributed by atoms with Crippen molar-refractivity contribution in [2.75, 3.05) is 13.1 Å². The van der Waals surface area contributed by atoms with Crippen molar-refractivity contribution < 1.29 is 4.79 Å². The molecule has 0 aliphatic rings. The molecule has 0 saturated heterocycles. The third-order valence-electron chi connectivity index (χ3n) is 2.95. The fourth-order valence-electron chi connectivity index (χ4n) is 1.40. The highest BCUT2D eigenvalue weighted by atomic mass is 16.2. The number of carbonyl (C=O) groups excluding carboxylic acids is 1. The Hall–Kier alpha value is -1.08. The molecule has 0 aromatic rings. The summed E-state index contributed by atoms with van der Waals surface area (Å²) < 4.78 is 0. The Morgan fingerprint density at radius 3 is 2.47 bits per heavy atom. The van der Waals surface area contributed by atoms with E-state index in [1.54, 1.807) is 0 Å². The van der Waals surface area contributed by atoms with Crippen LogP contribution in [-0.2, 0) is 4.79 Å². The van der Waals surface area contributed by atoms with Crippen LogP contribution < -0.4 is 5.32 Å². The third-order valence-corrected chi connectivity index (χ3v) is 2.95. The first-order valence-electron chi connectivity index (χ1n) is 6.24. The van der Waals surface area contributed by atoms with Crippen LogP contribution in [0.25, 0.3) is 0 Å². The summed E-state index contributed by atoms with van der Waals surface area (Å²) in [5, 5.41) is 11.6. The van der Waals surface area contributed by atoms with Gasteiger partial charge in [0.15, 0.2) is 0 Å². The van der Waals surface area contributed by atoms with E-state index in [9.17, 15) is 4.79 Å². The second-order valence-corrected chi connectivity index (χ2v) is 5.26. The standard InChI is InChI=1S/C13H25N3O/c1-6-13(4,5)15-12(17)10-16(11(2)3)9-7-8-14/h11H,6-7,9-10H2,1-5H3,(H,15,17). The quantitative estimate of drug-likeness (QED) is 0.738. The lowest BCUT2D eigenvalue weighted by Gasteiger charge is -2.29. The highest BCUT2D eigenvalue weighted by Gasteiger charge is 2.20. The van der Waals surface area contributed by atoms with Gasteiger partial charge in [0.05, 0.1) is 12.6 Å². The van der Waals surface area contributed by atoms with Gasteiger partial charge in [-0.3, -0.25) is 9.69 Å². The first kappa shape index (κ1) is 15.9. The van der Waals surface area contributed by atoms with E-state index < -0.39 is 0 Å². The Bertz CT molecular complexity index is 279. The Kier molecular flexibility index (Phi) is 6.82. The third kappa shape index (κ3) is 6.96. The van der Waals surface area contributed by atoms with Crippen molar-refractivity contribution in [2.24, 2.45) is 0 Å². The molecule has 1 amide bonds. The van der Waals surface area contributed by atoms with E-state index in [1.165, 1.54) is 0 Å². The first-order valence-corrected chi connectivity index (χ1v) is 6.24. The number of nitriles is 1. The lowest BCUT2D eigenvalue weighted by molar-refractivity contribution is -0.124. The van der Waals surface area contributed by atoms with Crippen LogP contribution in [0.15, 0.2) is 0 Å².